The first kappa shape index (κ1) is 14.4. The standard InChI is InChI=1S/C17H27NO/c1-13-11-15(17(2,3)4)7-8-16(13)19-10-9-18-12-14-5-6-14/h7-8,11,14,18H,5-6,9-10,12H2,1-4H3. The molecule has 0 bridgehead atoms. The highest BCUT2D eigenvalue weighted by atomic mass is 16.5. The molecule has 1 aliphatic carbocycles. The van der Waals surface area contributed by atoms with E-state index in [0.717, 1.165) is 31.4 Å². The molecule has 2 nitrogen and oxygen atoms in total. The van der Waals surface area contributed by atoms with E-state index in [1.165, 1.54) is 24.0 Å². The molecule has 0 saturated heterocycles. The number of aryl methyl sites for hydroxylation is 1. The number of rotatable bonds is 6. The van der Waals surface area contributed by atoms with Crippen molar-refractivity contribution in [1.29, 1.82) is 0 Å². The Labute approximate surface area is 117 Å². The van der Waals surface area contributed by atoms with Crippen LogP contribution in [0.1, 0.15) is 44.7 Å². The molecule has 1 fully saturated rings. The van der Waals surface area contributed by atoms with Crippen LogP contribution in [0.4, 0.5) is 0 Å². The zero-order valence-electron chi connectivity index (χ0n) is 12.8. The van der Waals surface area contributed by atoms with Crippen LogP contribution in [0.5, 0.6) is 5.75 Å². The third-order valence-corrected chi connectivity index (χ3v) is 3.71. The molecule has 0 unspecified atom stereocenters. The van der Waals surface area contributed by atoms with Crippen LogP contribution in [0.15, 0.2) is 18.2 Å². The molecule has 1 aromatic carbocycles. The van der Waals surface area contributed by atoms with E-state index in [9.17, 15) is 0 Å². The van der Waals surface area contributed by atoms with Gasteiger partial charge in [0.05, 0.1) is 0 Å². The summed E-state index contributed by atoms with van der Waals surface area (Å²) in [5.41, 5.74) is 2.80. The molecule has 0 spiro atoms. The molecule has 1 saturated carbocycles. The van der Waals surface area contributed by atoms with Crippen LogP contribution < -0.4 is 10.1 Å². The van der Waals surface area contributed by atoms with Gasteiger partial charge in [0.1, 0.15) is 12.4 Å². The molecule has 0 atom stereocenters. The smallest absolute Gasteiger partial charge is 0.122 e. The number of hydrogen-bond acceptors (Lipinski definition) is 2. The minimum atomic E-state index is 0.203. The molecule has 1 aliphatic rings. The molecular weight excluding hydrogens is 234 g/mol. The Balaban J connectivity index is 1.79. The van der Waals surface area contributed by atoms with Crippen molar-refractivity contribution in [2.24, 2.45) is 5.92 Å². The van der Waals surface area contributed by atoms with E-state index in [-0.39, 0.29) is 5.41 Å². The van der Waals surface area contributed by atoms with Gasteiger partial charge in [0.2, 0.25) is 0 Å². The highest BCUT2D eigenvalue weighted by molar-refractivity contribution is 5.38. The molecule has 19 heavy (non-hydrogen) atoms. The van der Waals surface area contributed by atoms with Crippen LogP contribution in [-0.4, -0.2) is 19.7 Å². The van der Waals surface area contributed by atoms with Crippen LogP contribution in [0.25, 0.3) is 0 Å². The van der Waals surface area contributed by atoms with E-state index in [2.05, 4.69) is 51.2 Å². The molecular formula is C17H27NO. The SMILES string of the molecule is Cc1cc(C(C)(C)C)ccc1OCCNCC1CC1. The zero-order valence-corrected chi connectivity index (χ0v) is 12.8. The van der Waals surface area contributed by atoms with Crippen LogP contribution >= 0.6 is 0 Å². The van der Waals surface area contributed by atoms with E-state index in [1.54, 1.807) is 0 Å². The Morgan fingerprint density at radius 3 is 2.58 bits per heavy atom. The maximum absolute atomic E-state index is 5.84. The second-order valence-corrected chi connectivity index (χ2v) is 6.73. The van der Waals surface area contributed by atoms with Gasteiger partial charge in [-0.2, -0.15) is 0 Å². The van der Waals surface area contributed by atoms with Crippen molar-refractivity contribution in [3.05, 3.63) is 29.3 Å². The average Bonchev–Trinajstić information content (AvgIpc) is 3.13. The zero-order chi connectivity index (χ0) is 13.9. The van der Waals surface area contributed by atoms with E-state index < -0.39 is 0 Å². The van der Waals surface area contributed by atoms with Gasteiger partial charge in [-0.3, -0.25) is 0 Å². The lowest BCUT2D eigenvalue weighted by Gasteiger charge is -2.20. The van der Waals surface area contributed by atoms with Gasteiger partial charge in [-0.15, -0.1) is 0 Å². The Morgan fingerprint density at radius 1 is 1.26 bits per heavy atom. The minimum Gasteiger partial charge on any atom is -0.492 e. The Hall–Kier alpha value is -1.02. The lowest BCUT2D eigenvalue weighted by molar-refractivity contribution is 0.311. The lowest BCUT2D eigenvalue weighted by atomic mass is 9.86. The minimum absolute atomic E-state index is 0.203. The molecule has 1 N–H and O–H groups in total. The number of ether oxygens (including phenoxy) is 1. The van der Waals surface area contributed by atoms with Gasteiger partial charge < -0.3 is 10.1 Å². The molecule has 106 valence electrons. The number of benzene rings is 1. The third kappa shape index (κ3) is 4.54. The fourth-order valence-corrected chi connectivity index (χ4v) is 2.14. The lowest BCUT2D eigenvalue weighted by Crippen LogP contribution is -2.23. The van der Waals surface area contributed by atoms with Gasteiger partial charge in [0, 0.05) is 6.54 Å². The van der Waals surface area contributed by atoms with Gasteiger partial charge in [0.25, 0.3) is 0 Å². The van der Waals surface area contributed by atoms with Gasteiger partial charge in [0.15, 0.2) is 0 Å². The van der Waals surface area contributed by atoms with E-state index in [4.69, 9.17) is 4.74 Å². The van der Waals surface area contributed by atoms with Crippen molar-refractivity contribution >= 4 is 0 Å². The summed E-state index contributed by atoms with van der Waals surface area (Å²) in [5.74, 6) is 1.95. The molecule has 0 amide bonds. The van der Waals surface area contributed by atoms with Crippen molar-refractivity contribution in [2.75, 3.05) is 19.7 Å². The normalized spacial score (nSPS) is 15.6. The summed E-state index contributed by atoms with van der Waals surface area (Å²) in [4.78, 5) is 0. The molecule has 2 heteroatoms. The summed E-state index contributed by atoms with van der Waals surface area (Å²) < 4.78 is 5.84. The number of nitrogens with one attached hydrogen (secondary N) is 1. The van der Waals surface area contributed by atoms with Crippen LogP contribution in [0.2, 0.25) is 0 Å². The summed E-state index contributed by atoms with van der Waals surface area (Å²) in [6.45, 7) is 11.7. The van der Waals surface area contributed by atoms with Gasteiger partial charge in [-0.05, 0) is 54.8 Å². The van der Waals surface area contributed by atoms with Crippen molar-refractivity contribution in [3.8, 4) is 5.75 Å². The second kappa shape index (κ2) is 5.96. The van der Waals surface area contributed by atoms with E-state index in [1.807, 2.05) is 0 Å². The van der Waals surface area contributed by atoms with E-state index in [0.29, 0.717) is 0 Å². The first-order valence-electron chi connectivity index (χ1n) is 7.41. The summed E-state index contributed by atoms with van der Waals surface area (Å²) in [7, 11) is 0. The first-order valence-corrected chi connectivity index (χ1v) is 7.41. The topological polar surface area (TPSA) is 21.3 Å². The molecule has 0 aromatic heterocycles. The molecule has 0 aliphatic heterocycles. The maximum Gasteiger partial charge on any atom is 0.122 e. The maximum atomic E-state index is 5.84. The monoisotopic (exact) mass is 261 g/mol. The predicted molar refractivity (Wildman–Crippen MR) is 81.0 cm³/mol. The van der Waals surface area contributed by atoms with Gasteiger partial charge >= 0.3 is 0 Å². The molecule has 0 radical (unpaired) electrons. The fraction of sp³-hybridized carbons (Fsp3) is 0.647. The summed E-state index contributed by atoms with van der Waals surface area (Å²) in [6.07, 6.45) is 2.81. The highest BCUT2D eigenvalue weighted by Gasteiger charge is 2.20. The fourth-order valence-electron chi connectivity index (χ4n) is 2.14. The quantitative estimate of drug-likeness (QED) is 0.789. The van der Waals surface area contributed by atoms with Crippen LogP contribution in [0, 0.1) is 12.8 Å². The Bertz CT molecular complexity index is 416. The molecule has 0 heterocycles. The van der Waals surface area contributed by atoms with Crippen LogP contribution in [-0.2, 0) is 5.41 Å². The molecule has 2 rings (SSSR count). The summed E-state index contributed by atoms with van der Waals surface area (Å²) in [5, 5.41) is 3.45. The van der Waals surface area contributed by atoms with E-state index >= 15 is 0 Å². The highest BCUT2D eigenvalue weighted by Crippen LogP contribution is 2.28. The van der Waals surface area contributed by atoms with Crippen molar-refractivity contribution in [3.63, 3.8) is 0 Å². The Kier molecular flexibility index (Phi) is 4.51. The summed E-state index contributed by atoms with van der Waals surface area (Å²) in [6, 6.07) is 6.53. The molecule has 1 aromatic rings. The van der Waals surface area contributed by atoms with Crippen molar-refractivity contribution < 1.29 is 4.74 Å². The Morgan fingerprint density at radius 2 is 2.00 bits per heavy atom. The van der Waals surface area contributed by atoms with Gasteiger partial charge in [-0.25, -0.2) is 0 Å². The largest absolute Gasteiger partial charge is 0.492 e. The van der Waals surface area contributed by atoms with Crippen molar-refractivity contribution in [1.82, 2.24) is 5.32 Å². The van der Waals surface area contributed by atoms with Gasteiger partial charge in [-0.1, -0.05) is 32.9 Å². The number of hydrogen-bond donors (Lipinski definition) is 1. The average molecular weight is 261 g/mol. The first-order chi connectivity index (χ1) is 8.97. The third-order valence-electron chi connectivity index (χ3n) is 3.71. The predicted octanol–water partition coefficient (Wildman–Crippen LogP) is 3.67. The van der Waals surface area contributed by atoms with Crippen molar-refractivity contribution in [2.45, 2.75) is 46.0 Å². The summed E-state index contributed by atoms with van der Waals surface area (Å²) >= 11 is 0. The second-order valence-electron chi connectivity index (χ2n) is 6.73. The van der Waals surface area contributed by atoms with Crippen LogP contribution in [0.3, 0.4) is 0 Å².